The molecule has 0 fully saturated rings. The van der Waals surface area contributed by atoms with Crippen molar-refractivity contribution in [3.63, 3.8) is 0 Å². The van der Waals surface area contributed by atoms with Gasteiger partial charge in [-0.3, -0.25) is 4.90 Å². The third kappa shape index (κ3) is 7.22. The Labute approximate surface area is 312 Å². The van der Waals surface area contributed by atoms with Gasteiger partial charge in [0.2, 0.25) is 5.75 Å². The van der Waals surface area contributed by atoms with Crippen LogP contribution in [0.4, 0.5) is 0 Å². The highest BCUT2D eigenvalue weighted by molar-refractivity contribution is 5.66. The van der Waals surface area contributed by atoms with Crippen molar-refractivity contribution >= 4 is 5.97 Å². The van der Waals surface area contributed by atoms with Crippen LogP contribution >= 0.6 is 0 Å². The van der Waals surface area contributed by atoms with Gasteiger partial charge < -0.3 is 42.8 Å². The molecule has 3 unspecified atom stereocenters. The molecule has 10 nitrogen and oxygen atoms in total. The first-order chi connectivity index (χ1) is 25.6. The molecule has 4 aliphatic rings. The molecule has 53 heavy (non-hydrogen) atoms. The van der Waals surface area contributed by atoms with Gasteiger partial charge in [0.15, 0.2) is 34.5 Å². The smallest absolute Gasteiger partial charge is 0.204 e. The van der Waals surface area contributed by atoms with E-state index in [0.717, 1.165) is 59.2 Å². The van der Waals surface area contributed by atoms with Gasteiger partial charge in [-0.1, -0.05) is 31.5 Å². The average Bonchev–Trinajstić information content (AvgIpc) is 3.14. The van der Waals surface area contributed by atoms with E-state index in [1.165, 1.54) is 0 Å². The molecule has 0 aromatic heterocycles. The summed E-state index contributed by atoms with van der Waals surface area (Å²) in [6.07, 6.45) is 4.60. The van der Waals surface area contributed by atoms with Crippen molar-refractivity contribution in [2.75, 3.05) is 61.7 Å². The molecule has 4 aromatic carbocycles. The molecule has 0 radical (unpaired) electrons. The molecule has 4 heterocycles. The number of carboxylic acid groups (broad SMARTS) is 1. The summed E-state index contributed by atoms with van der Waals surface area (Å²) in [7, 11) is 9.13. The van der Waals surface area contributed by atoms with Crippen LogP contribution < -0.4 is 33.5 Å². The highest BCUT2D eigenvalue weighted by Gasteiger charge is 2.41. The first kappa shape index (κ1) is 36.4. The summed E-state index contributed by atoms with van der Waals surface area (Å²) in [5.41, 5.74) is 6.44. The molecule has 0 amide bonds. The van der Waals surface area contributed by atoms with Gasteiger partial charge in [-0.25, -0.2) is 0 Å². The van der Waals surface area contributed by atoms with Crippen molar-refractivity contribution in [1.29, 1.82) is 0 Å². The first-order valence-corrected chi connectivity index (χ1v) is 18.6. The zero-order valence-electron chi connectivity index (χ0n) is 31.7. The number of carbonyl (C=O) groups excluding carboxylic acids is 1. The fourth-order valence-electron chi connectivity index (χ4n) is 8.26. The number of unbranched alkanes of at least 4 members (excludes halogenated alkanes) is 1. The number of benzene rings is 4. The van der Waals surface area contributed by atoms with Crippen LogP contribution in [0.3, 0.4) is 0 Å². The monoisotopic (exact) mass is 722 g/mol. The lowest BCUT2D eigenvalue weighted by molar-refractivity contribution is -0.936. The summed E-state index contributed by atoms with van der Waals surface area (Å²) >= 11 is 0. The fraction of sp³-hybridized carbons (Fsp3) is 0.419. The van der Waals surface area contributed by atoms with Gasteiger partial charge in [-0.05, 0) is 91.0 Å². The Kier molecular flexibility index (Phi) is 10.4. The summed E-state index contributed by atoms with van der Waals surface area (Å²) in [4.78, 5) is 14.6. The number of likely N-dealkylation sites (N-methyl/N-ethyl adjacent to an activating group) is 2. The normalized spacial score (nSPS) is 20.6. The molecule has 3 atom stereocenters. The topological polar surface area (TPSA) is 98.8 Å². The van der Waals surface area contributed by atoms with Gasteiger partial charge in [-0.15, -0.1) is 0 Å². The van der Waals surface area contributed by atoms with Crippen LogP contribution in [0.2, 0.25) is 0 Å². The average molecular weight is 723 g/mol. The molecule has 0 aliphatic carbocycles. The second-order valence-electron chi connectivity index (χ2n) is 14.7. The Morgan fingerprint density at radius 1 is 0.868 bits per heavy atom. The van der Waals surface area contributed by atoms with Crippen LogP contribution in [0.1, 0.15) is 65.2 Å². The highest BCUT2D eigenvalue weighted by Crippen LogP contribution is 2.52. The van der Waals surface area contributed by atoms with E-state index >= 15 is 0 Å². The Morgan fingerprint density at radius 2 is 1.58 bits per heavy atom. The summed E-state index contributed by atoms with van der Waals surface area (Å²) in [6.45, 7) is 4.01. The molecular formula is C43H50N2O8. The van der Waals surface area contributed by atoms with Crippen molar-refractivity contribution in [3.05, 3.63) is 94.0 Å². The van der Waals surface area contributed by atoms with Crippen LogP contribution in [0, 0.1) is 0 Å². The molecule has 4 aromatic rings. The number of carboxylic acids is 1. The summed E-state index contributed by atoms with van der Waals surface area (Å²) in [6, 6.07) is 20.1. The van der Waals surface area contributed by atoms with Crippen molar-refractivity contribution < 1.29 is 42.8 Å². The lowest BCUT2D eigenvalue weighted by Crippen LogP contribution is -2.56. The third-order valence-electron chi connectivity index (χ3n) is 11.3. The van der Waals surface area contributed by atoms with E-state index in [1.54, 1.807) is 21.3 Å². The molecule has 4 aliphatic heterocycles. The van der Waals surface area contributed by atoms with E-state index in [1.807, 2.05) is 37.4 Å². The number of nitrogens with zero attached hydrogens (tertiary/aromatic N) is 2. The quantitative estimate of drug-likeness (QED) is 0.140. The zero-order chi connectivity index (χ0) is 37.3. The minimum absolute atomic E-state index is 0.0769. The Bertz CT molecular complexity index is 1980. The molecule has 0 N–H and O–H groups in total. The number of rotatable bonds is 9. The maximum absolute atomic E-state index is 12.2. The largest absolute Gasteiger partial charge is 0.544 e. The van der Waals surface area contributed by atoms with Crippen molar-refractivity contribution in [1.82, 2.24) is 4.90 Å². The SMILES string of the molecule is CCCCOc1c(OC)cc2c3c1Oc1cc4c(cc1OC)CC[N+](C)(CC(=O)[O-])C4Cc1ccc(cc1)Oc1cc(ccc1OC)CC3N(C)CC2. The van der Waals surface area contributed by atoms with Crippen molar-refractivity contribution in [2.24, 2.45) is 0 Å². The Hall–Kier alpha value is -4.93. The van der Waals surface area contributed by atoms with Crippen LogP contribution in [-0.2, 0) is 30.5 Å². The first-order valence-electron chi connectivity index (χ1n) is 18.6. The molecule has 6 bridgehead atoms. The molecule has 280 valence electrons. The minimum Gasteiger partial charge on any atom is -0.544 e. The number of carbonyl (C=O) groups is 1. The lowest BCUT2D eigenvalue weighted by Gasteiger charge is -2.46. The Balaban J connectivity index is 1.48. The Morgan fingerprint density at radius 3 is 2.30 bits per heavy atom. The number of aliphatic carboxylic acids is 1. The predicted molar refractivity (Wildman–Crippen MR) is 200 cm³/mol. The maximum Gasteiger partial charge on any atom is 0.204 e. The van der Waals surface area contributed by atoms with Crippen LogP contribution in [0.25, 0.3) is 0 Å². The zero-order valence-corrected chi connectivity index (χ0v) is 31.7. The fourth-order valence-corrected chi connectivity index (χ4v) is 8.26. The molecule has 0 saturated carbocycles. The minimum atomic E-state index is -1.08. The van der Waals surface area contributed by atoms with Gasteiger partial charge in [0.1, 0.15) is 18.3 Å². The van der Waals surface area contributed by atoms with Crippen molar-refractivity contribution in [3.8, 4) is 46.0 Å². The van der Waals surface area contributed by atoms with Crippen LogP contribution in [0.5, 0.6) is 46.0 Å². The maximum atomic E-state index is 12.2. The second-order valence-corrected chi connectivity index (χ2v) is 14.7. The van der Waals surface area contributed by atoms with E-state index < -0.39 is 5.97 Å². The predicted octanol–water partition coefficient (Wildman–Crippen LogP) is 6.60. The van der Waals surface area contributed by atoms with E-state index in [2.05, 4.69) is 49.2 Å². The van der Waals surface area contributed by atoms with E-state index in [-0.39, 0.29) is 23.1 Å². The van der Waals surface area contributed by atoms with Gasteiger partial charge in [0.25, 0.3) is 0 Å². The number of hydrogen-bond acceptors (Lipinski definition) is 9. The molecule has 10 heteroatoms. The summed E-state index contributed by atoms with van der Waals surface area (Å²) in [5, 5.41) is 12.2. The third-order valence-corrected chi connectivity index (χ3v) is 11.3. The summed E-state index contributed by atoms with van der Waals surface area (Å²) < 4.78 is 38.3. The van der Waals surface area contributed by atoms with Crippen LogP contribution in [0.15, 0.2) is 60.7 Å². The second kappa shape index (κ2) is 15.2. The van der Waals surface area contributed by atoms with E-state index in [9.17, 15) is 9.90 Å². The number of methoxy groups -OCH3 is 3. The molecule has 0 saturated heterocycles. The van der Waals surface area contributed by atoms with Gasteiger partial charge in [0.05, 0.1) is 47.5 Å². The van der Waals surface area contributed by atoms with E-state index in [4.69, 9.17) is 28.4 Å². The van der Waals surface area contributed by atoms with Gasteiger partial charge >= 0.3 is 0 Å². The lowest BCUT2D eigenvalue weighted by atomic mass is 9.86. The number of fused-ring (bicyclic) bond motifs is 2. The highest BCUT2D eigenvalue weighted by atomic mass is 16.6. The number of hydrogen-bond donors (Lipinski definition) is 0. The van der Waals surface area contributed by atoms with E-state index in [0.29, 0.717) is 78.4 Å². The number of ether oxygens (including phenoxy) is 6. The summed E-state index contributed by atoms with van der Waals surface area (Å²) in [5.74, 6) is 3.80. The molecule has 0 spiro atoms. The van der Waals surface area contributed by atoms with Gasteiger partial charge in [-0.2, -0.15) is 0 Å². The van der Waals surface area contributed by atoms with Gasteiger partial charge in [0, 0.05) is 36.6 Å². The van der Waals surface area contributed by atoms with Crippen molar-refractivity contribution in [2.45, 2.75) is 57.5 Å². The molecular weight excluding hydrogens is 672 g/mol. The standard InChI is InChI=1S/C43H50N2O8/c1-7-8-19-51-42-39(50-6)24-30-15-17-44(2)33-20-28-11-14-35(48-4)37(22-28)52-31-12-9-27(10-13-31)21-34-32-25-38(53-43(42)41(30)33)36(49-5)23-29(32)16-18-45(34,3)26-40(46)47/h9-14,22-25,33-34H,7-8,15-21,26H2,1-6H3. The molecule has 8 rings (SSSR count). The number of quaternary nitrogens is 1. The van der Waals surface area contributed by atoms with Crippen LogP contribution in [-0.4, -0.2) is 77.0 Å².